The van der Waals surface area contributed by atoms with Crippen molar-refractivity contribution in [2.24, 2.45) is 0 Å². The predicted octanol–water partition coefficient (Wildman–Crippen LogP) is 1.19. The van der Waals surface area contributed by atoms with Crippen molar-refractivity contribution in [3.05, 3.63) is 29.8 Å². The second-order valence-corrected chi connectivity index (χ2v) is 10.3. The molecule has 2 N–H and O–H groups in total. The largest absolute Gasteiger partial charge is 0.330 e. The number of quaternary nitrogens is 1. The van der Waals surface area contributed by atoms with Crippen molar-refractivity contribution in [2.75, 3.05) is 26.2 Å². The van der Waals surface area contributed by atoms with Crippen LogP contribution in [0.25, 0.3) is 0 Å². The van der Waals surface area contributed by atoms with E-state index in [9.17, 15) is 13.2 Å². The number of rotatable bonds is 5. The minimum atomic E-state index is -3.51. The molecule has 0 spiro atoms. The minimum Gasteiger partial charge on any atom is -0.330 e. The Morgan fingerprint density at radius 2 is 1.50 bits per heavy atom. The maximum atomic E-state index is 12.8. The second-order valence-electron chi connectivity index (χ2n) is 8.56. The molecule has 6 nitrogen and oxygen atoms in total. The summed E-state index contributed by atoms with van der Waals surface area (Å²) >= 11 is 0. The number of hydrogen-bond acceptors (Lipinski definition) is 3. The fourth-order valence-corrected chi connectivity index (χ4v) is 6.33. The van der Waals surface area contributed by atoms with Crippen LogP contribution in [-0.4, -0.2) is 57.5 Å². The monoisotopic (exact) mass is 406 g/mol. The highest BCUT2D eigenvalue weighted by molar-refractivity contribution is 7.89. The molecule has 1 heterocycles. The number of piperazine rings is 1. The van der Waals surface area contributed by atoms with Crippen LogP contribution in [-0.2, 0) is 10.0 Å². The van der Waals surface area contributed by atoms with Gasteiger partial charge in [0.15, 0.2) is 0 Å². The molecule has 0 radical (unpaired) electrons. The minimum absolute atomic E-state index is 0.0122. The van der Waals surface area contributed by atoms with Crippen molar-refractivity contribution in [3.63, 3.8) is 0 Å². The molecule has 1 aliphatic heterocycles. The van der Waals surface area contributed by atoms with Crippen molar-refractivity contribution in [1.29, 1.82) is 0 Å². The average molecular weight is 407 g/mol. The Balaban J connectivity index is 1.35. The van der Waals surface area contributed by atoms with E-state index in [0.717, 1.165) is 57.9 Å². The van der Waals surface area contributed by atoms with Crippen LogP contribution in [0.5, 0.6) is 0 Å². The fraction of sp³-hybridized carbons (Fsp3) is 0.667. The van der Waals surface area contributed by atoms with E-state index < -0.39 is 10.0 Å². The molecule has 1 saturated heterocycles. The third-order valence-corrected chi connectivity index (χ3v) is 8.25. The standard InChI is InChI=1S/C21H31N3O3S/c25-21(24-15-13-23(14-16-24)19-7-3-4-8-19)17-9-11-20(12-10-17)28(26,27)22-18-5-1-2-6-18/h9-12,18-19,22H,1-8,13-16H2/p+1. The maximum absolute atomic E-state index is 12.8. The molecule has 2 saturated carbocycles. The molecule has 7 heteroatoms. The van der Waals surface area contributed by atoms with Gasteiger partial charge in [0.1, 0.15) is 0 Å². The number of nitrogens with one attached hydrogen (secondary N) is 2. The number of amides is 1. The van der Waals surface area contributed by atoms with Crippen LogP contribution in [0.2, 0.25) is 0 Å². The summed E-state index contributed by atoms with van der Waals surface area (Å²) in [5, 5.41) is 0. The normalized spacial score (nSPS) is 22.8. The summed E-state index contributed by atoms with van der Waals surface area (Å²) in [6.07, 6.45) is 9.33. The van der Waals surface area contributed by atoms with Gasteiger partial charge in [-0.15, -0.1) is 0 Å². The highest BCUT2D eigenvalue weighted by Crippen LogP contribution is 2.21. The first kappa shape index (κ1) is 19.9. The van der Waals surface area contributed by atoms with E-state index in [2.05, 4.69) is 4.72 Å². The van der Waals surface area contributed by atoms with Crippen LogP contribution in [0.3, 0.4) is 0 Å². The molecule has 1 aromatic rings. The summed E-state index contributed by atoms with van der Waals surface area (Å²) in [7, 11) is -3.51. The number of benzene rings is 1. The Labute approximate surface area is 168 Å². The van der Waals surface area contributed by atoms with Crippen LogP contribution >= 0.6 is 0 Å². The molecule has 2 aliphatic carbocycles. The zero-order chi connectivity index (χ0) is 19.6. The second kappa shape index (κ2) is 8.51. The third kappa shape index (κ3) is 4.42. The van der Waals surface area contributed by atoms with Crippen LogP contribution in [0.4, 0.5) is 0 Å². The molecular formula is C21H32N3O3S+. The van der Waals surface area contributed by atoms with E-state index in [4.69, 9.17) is 0 Å². The van der Waals surface area contributed by atoms with E-state index in [-0.39, 0.29) is 16.8 Å². The van der Waals surface area contributed by atoms with Crippen molar-refractivity contribution in [1.82, 2.24) is 9.62 Å². The fourth-order valence-electron chi connectivity index (χ4n) is 5.03. The van der Waals surface area contributed by atoms with E-state index in [1.807, 2.05) is 4.90 Å². The summed E-state index contributed by atoms with van der Waals surface area (Å²) in [6.45, 7) is 3.62. The topological polar surface area (TPSA) is 70.9 Å². The van der Waals surface area contributed by atoms with E-state index in [0.29, 0.717) is 5.56 Å². The van der Waals surface area contributed by atoms with Crippen LogP contribution < -0.4 is 9.62 Å². The van der Waals surface area contributed by atoms with Gasteiger partial charge in [0.05, 0.1) is 37.1 Å². The number of nitrogens with zero attached hydrogens (tertiary/aromatic N) is 1. The van der Waals surface area contributed by atoms with Crippen LogP contribution in [0.1, 0.15) is 61.7 Å². The molecule has 0 atom stereocenters. The first-order valence-electron chi connectivity index (χ1n) is 10.8. The van der Waals surface area contributed by atoms with E-state index >= 15 is 0 Å². The predicted molar refractivity (Wildman–Crippen MR) is 108 cm³/mol. The van der Waals surface area contributed by atoms with Gasteiger partial charge in [0, 0.05) is 11.6 Å². The van der Waals surface area contributed by atoms with Gasteiger partial charge in [0.25, 0.3) is 5.91 Å². The summed E-state index contributed by atoms with van der Waals surface area (Å²) < 4.78 is 27.8. The van der Waals surface area contributed by atoms with Gasteiger partial charge in [-0.3, -0.25) is 4.79 Å². The molecular weight excluding hydrogens is 374 g/mol. The summed E-state index contributed by atoms with van der Waals surface area (Å²) in [5.74, 6) is 0.0122. The summed E-state index contributed by atoms with van der Waals surface area (Å²) in [5.41, 5.74) is 0.573. The lowest BCUT2D eigenvalue weighted by atomic mass is 10.1. The van der Waals surface area contributed by atoms with Crippen LogP contribution in [0.15, 0.2) is 29.2 Å². The Morgan fingerprint density at radius 3 is 2.11 bits per heavy atom. The molecule has 1 amide bonds. The zero-order valence-electron chi connectivity index (χ0n) is 16.5. The highest BCUT2D eigenvalue weighted by Gasteiger charge is 2.31. The number of carbonyl (C=O) groups excluding carboxylic acids is 1. The molecule has 0 aromatic heterocycles. The number of sulfonamides is 1. The molecule has 0 bridgehead atoms. The molecule has 4 rings (SSSR count). The molecule has 3 fully saturated rings. The number of hydrogen-bond donors (Lipinski definition) is 2. The highest BCUT2D eigenvalue weighted by atomic mass is 32.2. The van der Waals surface area contributed by atoms with Crippen molar-refractivity contribution in [2.45, 2.75) is 68.3 Å². The van der Waals surface area contributed by atoms with E-state index in [1.54, 1.807) is 29.2 Å². The lowest BCUT2D eigenvalue weighted by Gasteiger charge is -2.35. The first-order valence-corrected chi connectivity index (χ1v) is 12.3. The molecule has 28 heavy (non-hydrogen) atoms. The zero-order valence-corrected chi connectivity index (χ0v) is 17.3. The molecule has 3 aliphatic rings. The van der Waals surface area contributed by atoms with Gasteiger partial charge < -0.3 is 9.80 Å². The molecule has 0 unspecified atom stereocenters. The Hall–Kier alpha value is -1.44. The quantitative estimate of drug-likeness (QED) is 0.772. The Morgan fingerprint density at radius 1 is 0.929 bits per heavy atom. The van der Waals surface area contributed by atoms with Gasteiger partial charge in [0.2, 0.25) is 10.0 Å². The van der Waals surface area contributed by atoms with Gasteiger partial charge in [-0.25, -0.2) is 13.1 Å². The average Bonchev–Trinajstić information content (AvgIpc) is 3.42. The Bertz CT molecular complexity index is 774. The van der Waals surface area contributed by atoms with Crippen molar-refractivity contribution in [3.8, 4) is 0 Å². The van der Waals surface area contributed by atoms with Gasteiger partial charge in [-0.05, 0) is 62.8 Å². The smallest absolute Gasteiger partial charge is 0.254 e. The van der Waals surface area contributed by atoms with E-state index in [1.165, 1.54) is 25.7 Å². The number of carbonyl (C=O) groups is 1. The van der Waals surface area contributed by atoms with Crippen LogP contribution in [0, 0.1) is 0 Å². The SMILES string of the molecule is O=C(c1ccc(S(=O)(=O)NC2CCCC2)cc1)N1CC[NH+](C2CCCC2)CC1. The third-order valence-electron chi connectivity index (χ3n) is 6.71. The lowest BCUT2D eigenvalue weighted by molar-refractivity contribution is -0.928. The maximum Gasteiger partial charge on any atom is 0.254 e. The summed E-state index contributed by atoms with van der Waals surface area (Å²) in [6, 6.07) is 7.26. The van der Waals surface area contributed by atoms with Crippen molar-refractivity contribution >= 4 is 15.9 Å². The molecule has 154 valence electrons. The summed E-state index contributed by atoms with van der Waals surface area (Å²) in [4.78, 5) is 16.6. The first-order chi connectivity index (χ1) is 13.5. The Kier molecular flexibility index (Phi) is 6.04. The van der Waals surface area contributed by atoms with Crippen molar-refractivity contribution < 1.29 is 18.1 Å². The van der Waals surface area contributed by atoms with Gasteiger partial charge in [-0.1, -0.05) is 12.8 Å². The lowest BCUT2D eigenvalue weighted by Crippen LogP contribution is -3.18. The molecule has 1 aromatic carbocycles. The van der Waals surface area contributed by atoms with Gasteiger partial charge >= 0.3 is 0 Å². The van der Waals surface area contributed by atoms with Gasteiger partial charge in [-0.2, -0.15) is 0 Å².